The van der Waals surface area contributed by atoms with Crippen LogP contribution < -0.4 is 0 Å². The smallest absolute Gasteiger partial charge is 0.147 e. The van der Waals surface area contributed by atoms with Crippen LogP contribution in [0.2, 0.25) is 0 Å². The summed E-state index contributed by atoms with van der Waals surface area (Å²) in [4.78, 5) is 14.2. The molecule has 0 bridgehead atoms. The molecule has 0 aliphatic rings. The zero-order chi connectivity index (χ0) is 6.28. The zero-order valence-corrected chi connectivity index (χ0v) is 5.78. The van der Waals surface area contributed by atoms with E-state index in [0.717, 1.165) is 0 Å². The highest BCUT2D eigenvalue weighted by molar-refractivity contribution is 7.30. The SMILES string of the molecule is C=C=C.Cl.O=[P+](O)O. The predicted molar refractivity (Wildman–Crippen MR) is 34.1 cm³/mol. The summed E-state index contributed by atoms with van der Waals surface area (Å²) in [7, 11) is -2.87. The summed E-state index contributed by atoms with van der Waals surface area (Å²) in [5.41, 5.74) is 2.25. The minimum Gasteiger partial charge on any atom is -0.147 e. The summed E-state index contributed by atoms with van der Waals surface area (Å²) in [6.45, 7) is 6.25. The molecule has 0 aromatic heterocycles. The average molecular weight is 158 g/mol. The fourth-order valence-corrected chi connectivity index (χ4v) is 0. The predicted octanol–water partition coefficient (Wildman–Crippen LogP) is 1.01. The second-order valence-corrected chi connectivity index (χ2v) is 1.01. The van der Waals surface area contributed by atoms with Crippen molar-refractivity contribution in [3.05, 3.63) is 18.9 Å². The highest BCUT2D eigenvalue weighted by Crippen LogP contribution is 1.98. The monoisotopic (exact) mass is 157 g/mol. The standard InChI is InChI=1S/C3H4.ClH.HO3P/c1-3-2;;1-4(2)3/h1-2H2;1H;(H-,1,2,3)/p+1. The van der Waals surface area contributed by atoms with Gasteiger partial charge in [-0.1, -0.05) is 13.2 Å². The molecule has 48 valence electrons. The van der Waals surface area contributed by atoms with Crippen molar-refractivity contribution < 1.29 is 14.4 Å². The van der Waals surface area contributed by atoms with Crippen molar-refractivity contribution >= 4 is 20.7 Å². The molecular formula is C3H7ClO3P+. The van der Waals surface area contributed by atoms with E-state index in [-0.39, 0.29) is 12.4 Å². The van der Waals surface area contributed by atoms with Crippen molar-refractivity contribution in [2.45, 2.75) is 0 Å². The molecule has 5 heteroatoms. The van der Waals surface area contributed by atoms with Crippen LogP contribution in [0.15, 0.2) is 18.9 Å². The lowest BCUT2D eigenvalue weighted by molar-refractivity contribution is 0.405. The Balaban J connectivity index is -0.0000000575. The highest BCUT2D eigenvalue weighted by Gasteiger charge is 1.93. The average Bonchev–Trinajstić information content (AvgIpc) is 1.33. The van der Waals surface area contributed by atoms with Gasteiger partial charge in [0.15, 0.2) is 0 Å². The molecule has 0 aliphatic heterocycles. The minimum absolute atomic E-state index is 0. The maximum Gasteiger partial charge on any atom is 0.692 e. The fourth-order valence-electron chi connectivity index (χ4n) is 0. The van der Waals surface area contributed by atoms with Crippen LogP contribution in [0.4, 0.5) is 0 Å². The van der Waals surface area contributed by atoms with Gasteiger partial charge in [0.25, 0.3) is 0 Å². The van der Waals surface area contributed by atoms with E-state index in [9.17, 15) is 0 Å². The van der Waals surface area contributed by atoms with Gasteiger partial charge in [-0.25, -0.2) is 0 Å². The first-order chi connectivity index (χ1) is 3.15. The van der Waals surface area contributed by atoms with E-state index in [0.29, 0.717) is 0 Å². The molecule has 0 amide bonds. The molecule has 0 rings (SSSR count). The molecule has 0 heterocycles. The van der Waals surface area contributed by atoms with Crippen LogP contribution in [-0.4, -0.2) is 9.79 Å². The van der Waals surface area contributed by atoms with E-state index in [1.807, 2.05) is 0 Å². The van der Waals surface area contributed by atoms with E-state index in [4.69, 9.17) is 14.4 Å². The Labute approximate surface area is 54.7 Å². The molecule has 0 aromatic rings. The van der Waals surface area contributed by atoms with Crippen LogP contribution in [0.5, 0.6) is 0 Å². The molecule has 2 N–H and O–H groups in total. The van der Waals surface area contributed by atoms with Crippen LogP contribution in [0, 0.1) is 0 Å². The van der Waals surface area contributed by atoms with Crippen LogP contribution >= 0.6 is 20.7 Å². The third-order valence-corrected chi connectivity index (χ3v) is 0. The van der Waals surface area contributed by atoms with Gasteiger partial charge >= 0.3 is 8.25 Å². The summed E-state index contributed by atoms with van der Waals surface area (Å²) in [5.74, 6) is 0. The molecule has 0 unspecified atom stereocenters. The largest absolute Gasteiger partial charge is 0.692 e. The normalized spacial score (nSPS) is 4.25. The highest BCUT2D eigenvalue weighted by atomic mass is 35.5. The molecule has 0 radical (unpaired) electrons. The first kappa shape index (κ1) is 15.7. The lowest BCUT2D eigenvalue weighted by Crippen LogP contribution is -1.38. The van der Waals surface area contributed by atoms with E-state index in [2.05, 4.69) is 18.9 Å². The van der Waals surface area contributed by atoms with Crippen LogP contribution in [0.25, 0.3) is 0 Å². The Morgan fingerprint density at radius 3 is 1.38 bits per heavy atom. The maximum absolute atomic E-state index is 8.70. The van der Waals surface area contributed by atoms with Gasteiger partial charge < -0.3 is 0 Å². The van der Waals surface area contributed by atoms with E-state index in [1.165, 1.54) is 0 Å². The number of hydrogen-bond acceptors (Lipinski definition) is 1. The van der Waals surface area contributed by atoms with Crippen LogP contribution in [-0.2, 0) is 4.57 Å². The summed E-state index contributed by atoms with van der Waals surface area (Å²) in [6.07, 6.45) is 0. The number of rotatable bonds is 0. The molecule has 0 saturated heterocycles. The lowest BCUT2D eigenvalue weighted by atomic mass is 11.0. The number of hydrogen-bond donors (Lipinski definition) is 2. The second kappa shape index (κ2) is 15.8. The van der Waals surface area contributed by atoms with Gasteiger partial charge in [-0.2, -0.15) is 0 Å². The molecule has 3 nitrogen and oxygen atoms in total. The van der Waals surface area contributed by atoms with Crippen molar-refractivity contribution in [2.24, 2.45) is 0 Å². The Hall–Kier alpha value is -0.170. The van der Waals surface area contributed by atoms with E-state index in [1.54, 1.807) is 0 Å². The third-order valence-electron chi connectivity index (χ3n) is 0. The fraction of sp³-hybridized carbons (Fsp3) is 0. The van der Waals surface area contributed by atoms with E-state index < -0.39 is 8.25 Å². The van der Waals surface area contributed by atoms with Crippen molar-refractivity contribution in [2.75, 3.05) is 0 Å². The zero-order valence-electron chi connectivity index (χ0n) is 4.07. The minimum atomic E-state index is -2.87. The first-order valence-electron chi connectivity index (χ1n) is 1.29. The molecule has 0 spiro atoms. The number of halogens is 1. The Morgan fingerprint density at radius 1 is 1.38 bits per heavy atom. The summed E-state index contributed by atoms with van der Waals surface area (Å²) in [6, 6.07) is 0. The maximum atomic E-state index is 8.70. The van der Waals surface area contributed by atoms with Crippen LogP contribution in [0.3, 0.4) is 0 Å². The molecule has 8 heavy (non-hydrogen) atoms. The second-order valence-electron chi connectivity index (χ2n) is 0.503. The third kappa shape index (κ3) is 4710. The lowest BCUT2D eigenvalue weighted by Gasteiger charge is -1.34. The molecule has 0 fully saturated rings. The van der Waals surface area contributed by atoms with Crippen molar-refractivity contribution in [3.63, 3.8) is 0 Å². The van der Waals surface area contributed by atoms with Gasteiger partial charge in [0.1, 0.15) is 0 Å². The van der Waals surface area contributed by atoms with Gasteiger partial charge in [-0.15, -0.1) is 27.9 Å². The van der Waals surface area contributed by atoms with Crippen molar-refractivity contribution in [1.29, 1.82) is 0 Å². The molecule has 0 atom stereocenters. The van der Waals surface area contributed by atoms with Crippen LogP contribution in [0.1, 0.15) is 0 Å². The van der Waals surface area contributed by atoms with E-state index >= 15 is 0 Å². The quantitative estimate of drug-likeness (QED) is 0.408. The summed E-state index contributed by atoms with van der Waals surface area (Å²) >= 11 is 0. The summed E-state index contributed by atoms with van der Waals surface area (Å²) < 4.78 is 8.70. The Kier molecular flexibility index (Phi) is 31.0. The topological polar surface area (TPSA) is 57.5 Å². The van der Waals surface area contributed by atoms with Gasteiger partial charge in [-0.3, -0.25) is 0 Å². The summed E-state index contributed by atoms with van der Waals surface area (Å²) in [5, 5.41) is 0. The Morgan fingerprint density at radius 2 is 1.38 bits per heavy atom. The first-order valence-corrected chi connectivity index (χ1v) is 2.45. The van der Waals surface area contributed by atoms with Crippen molar-refractivity contribution in [3.8, 4) is 0 Å². The molecule has 0 aromatic carbocycles. The van der Waals surface area contributed by atoms with Gasteiger partial charge in [-0.05, 0) is 0 Å². The Bertz CT molecular complexity index is 82.5. The van der Waals surface area contributed by atoms with Gasteiger partial charge in [0.2, 0.25) is 0 Å². The molecule has 0 saturated carbocycles. The molecule has 0 aliphatic carbocycles. The van der Waals surface area contributed by atoms with Gasteiger partial charge in [0, 0.05) is 4.57 Å². The molecular weight excluding hydrogens is 150 g/mol. The van der Waals surface area contributed by atoms with Crippen molar-refractivity contribution in [1.82, 2.24) is 0 Å². The van der Waals surface area contributed by atoms with Gasteiger partial charge in [0.05, 0.1) is 0 Å².